The number of aromatic nitrogens is 2. The van der Waals surface area contributed by atoms with Crippen molar-refractivity contribution in [3.63, 3.8) is 0 Å². The number of ether oxygens (including phenoxy) is 2. The fourth-order valence-corrected chi connectivity index (χ4v) is 3.33. The lowest BCUT2D eigenvalue weighted by molar-refractivity contribution is -0.481. The number of nitrogens with one attached hydrogen (secondary N) is 1. The Kier molecular flexibility index (Phi) is 5.49. The van der Waals surface area contributed by atoms with Crippen LogP contribution in [0.1, 0.15) is 22.7 Å². The molecule has 1 N–H and O–H groups in total. The number of nitro groups is 1. The summed E-state index contributed by atoms with van der Waals surface area (Å²) >= 11 is 0. The summed E-state index contributed by atoms with van der Waals surface area (Å²) in [4.78, 5) is 24.1. The van der Waals surface area contributed by atoms with Crippen LogP contribution < -0.4 is 15.0 Å². The van der Waals surface area contributed by atoms with Gasteiger partial charge in [-0.05, 0) is 25.1 Å². The topological polar surface area (TPSA) is 99.4 Å². The first-order chi connectivity index (χ1) is 13.5. The number of benzene rings is 2. The summed E-state index contributed by atoms with van der Waals surface area (Å²) in [6.45, 7) is 1.30. The van der Waals surface area contributed by atoms with Crippen LogP contribution in [0, 0.1) is 17.0 Å². The van der Waals surface area contributed by atoms with E-state index < -0.39 is 17.4 Å². The number of rotatable bonds is 7. The molecule has 8 nitrogen and oxygen atoms in total. The van der Waals surface area contributed by atoms with Crippen molar-refractivity contribution in [1.82, 2.24) is 9.78 Å². The minimum Gasteiger partial charge on any atom is -0.497 e. The largest absolute Gasteiger partial charge is 0.497 e. The number of nitrogens with zero attached hydrogens (tertiary/aromatic N) is 2. The first-order valence-corrected chi connectivity index (χ1v) is 8.67. The van der Waals surface area contributed by atoms with Gasteiger partial charge in [0, 0.05) is 22.2 Å². The standard InChI is InChI=1S/C20H21N3O5/c1-13-19(20(24)23(21-13)14-7-5-4-6-8-14)17(12-22(25)26)16-10-9-15(27-2)11-18(16)28-3/h4-11,17,21H,12H2,1-3H3. The highest BCUT2D eigenvalue weighted by Gasteiger charge is 2.30. The van der Waals surface area contributed by atoms with E-state index in [0.717, 1.165) is 0 Å². The monoisotopic (exact) mass is 383 g/mol. The van der Waals surface area contributed by atoms with Crippen LogP contribution in [-0.4, -0.2) is 35.5 Å². The van der Waals surface area contributed by atoms with E-state index in [1.165, 1.54) is 18.9 Å². The van der Waals surface area contributed by atoms with E-state index in [2.05, 4.69) is 5.10 Å². The first kappa shape index (κ1) is 19.2. The number of aryl methyl sites for hydroxylation is 1. The van der Waals surface area contributed by atoms with Gasteiger partial charge >= 0.3 is 0 Å². The van der Waals surface area contributed by atoms with E-state index in [1.807, 2.05) is 18.2 Å². The van der Waals surface area contributed by atoms with E-state index in [1.54, 1.807) is 37.3 Å². The van der Waals surface area contributed by atoms with E-state index in [-0.39, 0.29) is 5.56 Å². The Morgan fingerprint density at radius 1 is 1.14 bits per heavy atom. The summed E-state index contributed by atoms with van der Waals surface area (Å²) < 4.78 is 12.0. The summed E-state index contributed by atoms with van der Waals surface area (Å²) in [6.07, 6.45) is 0. The predicted molar refractivity (Wildman–Crippen MR) is 104 cm³/mol. The van der Waals surface area contributed by atoms with Gasteiger partial charge in [0.2, 0.25) is 6.54 Å². The minimum atomic E-state index is -0.774. The molecule has 146 valence electrons. The van der Waals surface area contributed by atoms with Gasteiger partial charge in [0.25, 0.3) is 5.56 Å². The van der Waals surface area contributed by atoms with Crippen molar-refractivity contribution in [1.29, 1.82) is 0 Å². The Hall–Kier alpha value is -3.55. The van der Waals surface area contributed by atoms with Crippen molar-refractivity contribution < 1.29 is 14.4 Å². The van der Waals surface area contributed by atoms with Crippen LogP contribution in [0.15, 0.2) is 53.3 Å². The van der Waals surface area contributed by atoms with Gasteiger partial charge in [-0.3, -0.25) is 20.0 Å². The third-order valence-corrected chi connectivity index (χ3v) is 4.63. The van der Waals surface area contributed by atoms with Gasteiger partial charge in [0.15, 0.2) is 0 Å². The normalized spacial score (nSPS) is 11.8. The molecule has 0 spiro atoms. The van der Waals surface area contributed by atoms with Crippen LogP contribution in [0.4, 0.5) is 0 Å². The van der Waals surface area contributed by atoms with Gasteiger partial charge in [-0.25, -0.2) is 4.68 Å². The maximum absolute atomic E-state index is 13.2. The Morgan fingerprint density at radius 2 is 1.86 bits per heavy atom. The number of aromatic amines is 1. The summed E-state index contributed by atoms with van der Waals surface area (Å²) in [5.41, 5.74) is 1.79. The second-order valence-corrected chi connectivity index (χ2v) is 6.30. The highest BCUT2D eigenvalue weighted by atomic mass is 16.6. The summed E-state index contributed by atoms with van der Waals surface area (Å²) in [6, 6.07) is 14.1. The zero-order valence-corrected chi connectivity index (χ0v) is 15.8. The lowest BCUT2D eigenvalue weighted by atomic mass is 9.90. The number of H-pyrrole nitrogens is 1. The smallest absolute Gasteiger partial charge is 0.275 e. The maximum atomic E-state index is 13.2. The summed E-state index contributed by atoms with van der Waals surface area (Å²) in [7, 11) is 3.01. The van der Waals surface area contributed by atoms with Crippen molar-refractivity contribution in [2.24, 2.45) is 0 Å². The second kappa shape index (κ2) is 7.99. The number of hydrogen-bond donors (Lipinski definition) is 1. The van der Waals surface area contributed by atoms with Gasteiger partial charge in [0.1, 0.15) is 11.5 Å². The van der Waals surface area contributed by atoms with Crippen molar-refractivity contribution in [2.45, 2.75) is 12.8 Å². The lowest BCUT2D eigenvalue weighted by Crippen LogP contribution is -2.24. The van der Waals surface area contributed by atoms with Crippen LogP contribution in [0.2, 0.25) is 0 Å². The average Bonchev–Trinajstić information content (AvgIpc) is 3.00. The van der Waals surface area contributed by atoms with Gasteiger partial charge in [-0.1, -0.05) is 24.3 Å². The highest BCUT2D eigenvalue weighted by molar-refractivity contribution is 5.47. The zero-order valence-electron chi connectivity index (χ0n) is 15.8. The molecule has 3 aromatic rings. The third kappa shape index (κ3) is 3.62. The number of para-hydroxylation sites is 1. The fraction of sp³-hybridized carbons (Fsp3) is 0.250. The van der Waals surface area contributed by atoms with Gasteiger partial charge < -0.3 is 9.47 Å². The van der Waals surface area contributed by atoms with E-state index >= 15 is 0 Å². The van der Waals surface area contributed by atoms with Crippen LogP contribution in [0.3, 0.4) is 0 Å². The summed E-state index contributed by atoms with van der Waals surface area (Å²) in [5, 5.41) is 14.4. The maximum Gasteiger partial charge on any atom is 0.275 e. The molecule has 0 radical (unpaired) electrons. The van der Waals surface area contributed by atoms with Crippen molar-refractivity contribution in [3.8, 4) is 17.2 Å². The van der Waals surface area contributed by atoms with Crippen LogP contribution in [0.5, 0.6) is 11.5 Å². The molecule has 1 unspecified atom stereocenters. The van der Waals surface area contributed by atoms with E-state index in [4.69, 9.17) is 9.47 Å². The molecule has 1 aromatic heterocycles. The molecule has 0 saturated heterocycles. The van der Waals surface area contributed by atoms with Gasteiger partial charge in [-0.2, -0.15) is 0 Å². The molecule has 0 aliphatic carbocycles. The molecule has 1 atom stereocenters. The number of hydrogen-bond acceptors (Lipinski definition) is 5. The molecule has 8 heteroatoms. The molecular formula is C20H21N3O5. The van der Waals surface area contributed by atoms with Gasteiger partial charge in [-0.15, -0.1) is 0 Å². The lowest BCUT2D eigenvalue weighted by Gasteiger charge is -2.16. The van der Waals surface area contributed by atoms with Crippen LogP contribution in [-0.2, 0) is 0 Å². The van der Waals surface area contributed by atoms with Crippen LogP contribution >= 0.6 is 0 Å². The van der Waals surface area contributed by atoms with E-state index in [0.29, 0.717) is 34.0 Å². The molecule has 2 aromatic carbocycles. The van der Waals surface area contributed by atoms with E-state index in [9.17, 15) is 14.9 Å². The molecule has 28 heavy (non-hydrogen) atoms. The Morgan fingerprint density at radius 3 is 2.46 bits per heavy atom. The summed E-state index contributed by atoms with van der Waals surface area (Å²) in [5.74, 6) is 0.218. The molecule has 0 fully saturated rings. The first-order valence-electron chi connectivity index (χ1n) is 8.67. The minimum absolute atomic E-state index is 0.326. The van der Waals surface area contributed by atoms with Crippen molar-refractivity contribution >= 4 is 0 Å². The average molecular weight is 383 g/mol. The molecule has 1 heterocycles. The third-order valence-electron chi connectivity index (χ3n) is 4.63. The molecular weight excluding hydrogens is 362 g/mol. The number of methoxy groups -OCH3 is 2. The Balaban J connectivity index is 2.18. The highest BCUT2D eigenvalue weighted by Crippen LogP contribution is 2.34. The van der Waals surface area contributed by atoms with Gasteiger partial charge in [0.05, 0.1) is 31.4 Å². The fourth-order valence-electron chi connectivity index (χ4n) is 3.33. The molecule has 0 bridgehead atoms. The SMILES string of the molecule is COc1ccc(C(C[N+](=O)[O-])c2c(C)[nH]n(-c3ccccc3)c2=O)c(OC)c1. The Bertz CT molecular complexity index is 1040. The molecule has 0 aliphatic heterocycles. The molecule has 3 rings (SSSR count). The van der Waals surface area contributed by atoms with Crippen molar-refractivity contribution in [2.75, 3.05) is 20.8 Å². The quantitative estimate of drug-likeness (QED) is 0.500. The van der Waals surface area contributed by atoms with Crippen molar-refractivity contribution in [3.05, 3.63) is 85.8 Å². The van der Waals surface area contributed by atoms with Crippen LogP contribution in [0.25, 0.3) is 5.69 Å². The molecule has 0 saturated carbocycles. The molecule has 0 amide bonds. The second-order valence-electron chi connectivity index (χ2n) is 6.30. The molecule has 0 aliphatic rings. The predicted octanol–water partition coefficient (Wildman–Crippen LogP) is 2.90. The Labute approximate surface area is 161 Å². The zero-order chi connectivity index (χ0) is 20.3.